The molecule has 2 aliphatic carbocycles. The number of nitrogens with one attached hydrogen (secondary N) is 1. The van der Waals surface area contributed by atoms with Gasteiger partial charge in [0.2, 0.25) is 11.8 Å². The lowest BCUT2D eigenvalue weighted by molar-refractivity contribution is -0.142. The highest BCUT2D eigenvalue weighted by molar-refractivity contribution is 9.10. The van der Waals surface area contributed by atoms with Crippen LogP contribution in [-0.2, 0) is 31.1 Å². The van der Waals surface area contributed by atoms with E-state index in [-0.39, 0.29) is 37.0 Å². The van der Waals surface area contributed by atoms with E-state index in [1.807, 2.05) is 36.4 Å². The Morgan fingerprint density at radius 1 is 0.880 bits per heavy atom. The molecule has 6 atom stereocenters. The van der Waals surface area contributed by atoms with Gasteiger partial charge in [0, 0.05) is 21.0 Å². The maximum atomic E-state index is 15.2. The molecular formula is C39H30BrClFN3O5. The van der Waals surface area contributed by atoms with E-state index in [0.29, 0.717) is 26.3 Å². The quantitative estimate of drug-likeness (QED) is 0.160. The lowest BCUT2D eigenvalue weighted by Crippen LogP contribution is -2.53. The van der Waals surface area contributed by atoms with E-state index >= 15 is 4.79 Å². The normalized spacial score (nSPS) is 27.2. The Balaban J connectivity index is 1.31. The molecule has 8 nitrogen and oxygen atoms in total. The Labute approximate surface area is 300 Å². The highest BCUT2D eigenvalue weighted by Gasteiger charge is 2.70. The van der Waals surface area contributed by atoms with Crippen molar-refractivity contribution in [3.05, 3.63) is 141 Å². The number of allylic oxidation sites excluding steroid dienone is 2. The Morgan fingerprint density at radius 2 is 1.60 bits per heavy atom. The molecule has 11 heteroatoms. The molecule has 2 heterocycles. The van der Waals surface area contributed by atoms with Crippen molar-refractivity contribution in [1.82, 2.24) is 9.91 Å². The number of hydrogen-bond donors (Lipinski definition) is 2. The molecule has 0 aromatic heterocycles. The van der Waals surface area contributed by atoms with Crippen molar-refractivity contribution in [1.29, 1.82) is 0 Å². The van der Waals surface area contributed by atoms with Gasteiger partial charge in [-0.25, -0.2) is 4.39 Å². The molecule has 2 saturated heterocycles. The first-order valence-corrected chi connectivity index (χ1v) is 17.5. The SMILES string of the molecule is O=C1C2CC=C3C(CC4C(=O)N(Nc5ccc(F)cc5)C(=O)C4(c4ccc(Cl)cc4)C3c3cc(Br)ccc3O)C2C(=O)N1Cc1ccccc1. The smallest absolute Gasteiger partial charge is 0.260 e. The molecule has 252 valence electrons. The molecule has 0 bridgehead atoms. The third-order valence-corrected chi connectivity index (χ3v) is 11.6. The topological polar surface area (TPSA) is 107 Å². The van der Waals surface area contributed by atoms with Crippen LogP contribution in [0.4, 0.5) is 10.1 Å². The summed E-state index contributed by atoms with van der Waals surface area (Å²) in [7, 11) is 0. The lowest BCUT2D eigenvalue weighted by atomic mass is 9.49. The average molecular weight is 755 g/mol. The van der Waals surface area contributed by atoms with Crippen LogP contribution < -0.4 is 5.43 Å². The van der Waals surface area contributed by atoms with Gasteiger partial charge in [0.15, 0.2) is 0 Å². The number of halogens is 3. The van der Waals surface area contributed by atoms with E-state index in [0.717, 1.165) is 16.1 Å². The molecule has 4 aliphatic rings. The molecular weight excluding hydrogens is 725 g/mol. The van der Waals surface area contributed by atoms with Gasteiger partial charge in [-0.05, 0) is 84.5 Å². The number of aromatic hydroxyl groups is 1. The Bertz CT molecular complexity index is 2090. The maximum Gasteiger partial charge on any atom is 0.260 e. The number of phenols is 1. The summed E-state index contributed by atoms with van der Waals surface area (Å²) in [6.07, 6.45) is 2.31. The molecule has 4 aromatic rings. The summed E-state index contributed by atoms with van der Waals surface area (Å²) in [5.74, 6) is -6.12. The highest BCUT2D eigenvalue weighted by Crippen LogP contribution is 2.65. The number of likely N-dealkylation sites (tertiary alicyclic amines) is 1. The van der Waals surface area contributed by atoms with Gasteiger partial charge >= 0.3 is 0 Å². The first-order chi connectivity index (χ1) is 24.1. The fourth-order valence-electron chi connectivity index (χ4n) is 8.74. The zero-order chi connectivity index (χ0) is 34.9. The first kappa shape index (κ1) is 32.4. The monoisotopic (exact) mass is 753 g/mol. The Morgan fingerprint density at radius 3 is 2.32 bits per heavy atom. The van der Waals surface area contributed by atoms with E-state index in [2.05, 4.69) is 21.4 Å². The number of nitrogens with zero attached hydrogens (tertiary/aromatic N) is 2. The van der Waals surface area contributed by atoms with Crippen molar-refractivity contribution in [2.75, 3.05) is 5.43 Å². The van der Waals surface area contributed by atoms with Crippen LogP contribution in [0.1, 0.15) is 35.4 Å². The van der Waals surface area contributed by atoms with Gasteiger partial charge in [0.25, 0.3) is 11.8 Å². The van der Waals surface area contributed by atoms with Crippen molar-refractivity contribution in [3.8, 4) is 5.75 Å². The molecule has 8 rings (SSSR count). The number of hydrogen-bond acceptors (Lipinski definition) is 6. The molecule has 0 spiro atoms. The summed E-state index contributed by atoms with van der Waals surface area (Å²) in [5, 5.41) is 12.9. The summed E-state index contributed by atoms with van der Waals surface area (Å²) in [6.45, 7) is 0.133. The summed E-state index contributed by atoms with van der Waals surface area (Å²) in [6, 6.07) is 26.3. The van der Waals surface area contributed by atoms with Crippen LogP contribution in [0, 0.1) is 29.5 Å². The number of amides is 4. The van der Waals surface area contributed by atoms with E-state index in [1.165, 1.54) is 35.2 Å². The molecule has 0 radical (unpaired) electrons. The Kier molecular flexibility index (Phi) is 7.91. The molecule has 3 fully saturated rings. The van der Waals surface area contributed by atoms with Gasteiger partial charge in [-0.2, -0.15) is 5.01 Å². The van der Waals surface area contributed by atoms with E-state index in [9.17, 15) is 23.9 Å². The van der Waals surface area contributed by atoms with Gasteiger partial charge in [-0.1, -0.05) is 81.6 Å². The summed E-state index contributed by atoms with van der Waals surface area (Å²) < 4.78 is 14.5. The number of carbonyl (C=O) groups excluding carboxylic acids is 4. The van der Waals surface area contributed by atoms with Crippen LogP contribution in [0.2, 0.25) is 5.02 Å². The minimum Gasteiger partial charge on any atom is -0.508 e. The maximum absolute atomic E-state index is 15.2. The van der Waals surface area contributed by atoms with Gasteiger partial charge in [-0.3, -0.25) is 29.5 Å². The number of anilines is 1. The third kappa shape index (κ3) is 4.91. The van der Waals surface area contributed by atoms with Crippen LogP contribution in [-0.4, -0.2) is 38.6 Å². The minimum absolute atomic E-state index is 0.0846. The molecule has 6 unspecified atom stereocenters. The number of imide groups is 2. The van der Waals surface area contributed by atoms with E-state index in [4.69, 9.17) is 11.6 Å². The highest BCUT2D eigenvalue weighted by atomic mass is 79.9. The predicted molar refractivity (Wildman–Crippen MR) is 187 cm³/mol. The number of phenolic OH excluding ortho intramolecular Hbond substituents is 1. The van der Waals surface area contributed by atoms with Crippen LogP contribution in [0.25, 0.3) is 0 Å². The van der Waals surface area contributed by atoms with Gasteiger partial charge in [0.05, 0.1) is 35.4 Å². The van der Waals surface area contributed by atoms with Gasteiger partial charge < -0.3 is 5.11 Å². The van der Waals surface area contributed by atoms with Crippen molar-refractivity contribution >= 4 is 56.8 Å². The largest absolute Gasteiger partial charge is 0.508 e. The number of fused-ring (bicyclic) bond motifs is 4. The van der Waals surface area contributed by atoms with Crippen LogP contribution in [0.15, 0.2) is 113 Å². The van der Waals surface area contributed by atoms with Crippen LogP contribution in [0.5, 0.6) is 5.75 Å². The average Bonchev–Trinajstić information content (AvgIpc) is 3.48. The summed E-state index contributed by atoms with van der Waals surface area (Å²) in [4.78, 5) is 59.4. The van der Waals surface area contributed by atoms with Gasteiger partial charge in [-0.15, -0.1) is 0 Å². The van der Waals surface area contributed by atoms with Gasteiger partial charge in [0.1, 0.15) is 11.6 Å². The fraction of sp³-hybridized carbons (Fsp3) is 0.231. The zero-order valence-corrected chi connectivity index (χ0v) is 28.8. The van der Waals surface area contributed by atoms with Crippen molar-refractivity contribution in [2.45, 2.75) is 30.7 Å². The standard InChI is InChI=1S/C39H30BrClFN3O5/c40-23-8-17-32(46)30(18-23)34-27-15-16-28-33(37(49)44(35(28)47)20-21-4-2-1-3-5-21)29(27)19-31-36(48)45(43-26-13-11-25(42)12-14-26)38(50)39(31,34)22-6-9-24(41)10-7-22/h1-15,17-18,28-29,31,33-34,43,46H,16,19-20H2. The zero-order valence-electron chi connectivity index (χ0n) is 26.4. The Hall–Kier alpha value is -4.80. The van der Waals surface area contributed by atoms with Crippen LogP contribution >= 0.6 is 27.5 Å². The van der Waals surface area contributed by atoms with E-state index < -0.39 is 52.6 Å². The molecule has 1 saturated carbocycles. The second kappa shape index (κ2) is 12.2. The predicted octanol–water partition coefficient (Wildman–Crippen LogP) is 7.13. The molecule has 50 heavy (non-hydrogen) atoms. The molecule has 4 amide bonds. The minimum atomic E-state index is -1.59. The lowest BCUT2D eigenvalue weighted by Gasteiger charge is -2.50. The number of carbonyl (C=O) groups is 4. The van der Waals surface area contributed by atoms with Crippen molar-refractivity contribution < 1.29 is 28.7 Å². The summed E-state index contributed by atoms with van der Waals surface area (Å²) >= 11 is 9.88. The molecule has 4 aromatic carbocycles. The third-order valence-electron chi connectivity index (χ3n) is 10.8. The fourth-order valence-corrected chi connectivity index (χ4v) is 9.25. The molecule has 2 N–H and O–H groups in total. The second-order valence-electron chi connectivity index (χ2n) is 13.3. The second-order valence-corrected chi connectivity index (χ2v) is 14.7. The van der Waals surface area contributed by atoms with Crippen molar-refractivity contribution in [2.24, 2.45) is 23.7 Å². The van der Waals surface area contributed by atoms with E-state index in [1.54, 1.807) is 36.4 Å². The summed E-state index contributed by atoms with van der Waals surface area (Å²) in [5.41, 5.74) is 4.12. The first-order valence-electron chi connectivity index (χ1n) is 16.3. The number of benzene rings is 4. The van der Waals surface area contributed by atoms with Crippen molar-refractivity contribution in [3.63, 3.8) is 0 Å². The molecule has 2 aliphatic heterocycles. The number of rotatable bonds is 6. The van der Waals surface area contributed by atoms with Crippen LogP contribution in [0.3, 0.4) is 0 Å². The number of hydrazine groups is 1.